The molecule has 98 valence electrons. The molecule has 0 unspecified atom stereocenters. The molecule has 0 amide bonds. The molecule has 18 heavy (non-hydrogen) atoms. The van der Waals surface area contributed by atoms with Crippen LogP contribution in [-0.2, 0) is 20.1 Å². The first-order valence-corrected chi connectivity index (χ1v) is 6.54. The Morgan fingerprint density at radius 1 is 1.44 bits per heavy atom. The minimum atomic E-state index is 0.718. The van der Waals surface area contributed by atoms with Gasteiger partial charge in [0.15, 0.2) is 0 Å². The third-order valence-corrected chi connectivity index (χ3v) is 3.55. The SMILES string of the molecule is CCNCc1cccn1Cc1c(C)nn(C)c1Cl. The van der Waals surface area contributed by atoms with E-state index in [1.165, 1.54) is 5.69 Å². The van der Waals surface area contributed by atoms with Gasteiger partial charge in [-0.2, -0.15) is 5.10 Å². The molecule has 0 spiro atoms. The van der Waals surface area contributed by atoms with Crippen LogP contribution >= 0.6 is 11.6 Å². The topological polar surface area (TPSA) is 34.8 Å². The molecule has 0 bridgehead atoms. The number of rotatable bonds is 5. The summed E-state index contributed by atoms with van der Waals surface area (Å²) in [7, 11) is 1.87. The molecule has 0 aliphatic heterocycles. The molecule has 4 nitrogen and oxygen atoms in total. The van der Waals surface area contributed by atoms with Gasteiger partial charge < -0.3 is 9.88 Å². The number of nitrogens with zero attached hydrogens (tertiary/aromatic N) is 3. The highest BCUT2D eigenvalue weighted by molar-refractivity contribution is 6.30. The zero-order valence-electron chi connectivity index (χ0n) is 11.1. The van der Waals surface area contributed by atoms with Crippen LogP contribution in [0.25, 0.3) is 0 Å². The lowest BCUT2D eigenvalue weighted by molar-refractivity contribution is 0.656. The third-order valence-electron chi connectivity index (χ3n) is 3.08. The van der Waals surface area contributed by atoms with Crippen LogP contribution in [0.1, 0.15) is 23.9 Å². The summed E-state index contributed by atoms with van der Waals surface area (Å²) in [5, 5.41) is 8.39. The Hall–Kier alpha value is -1.26. The molecule has 2 heterocycles. The van der Waals surface area contributed by atoms with Gasteiger partial charge in [0.1, 0.15) is 5.15 Å². The van der Waals surface area contributed by atoms with Crippen molar-refractivity contribution in [1.29, 1.82) is 0 Å². The van der Waals surface area contributed by atoms with E-state index in [0.29, 0.717) is 0 Å². The highest BCUT2D eigenvalue weighted by Crippen LogP contribution is 2.20. The Labute approximate surface area is 113 Å². The Bertz CT molecular complexity index is 527. The van der Waals surface area contributed by atoms with Crippen LogP contribution in [0.5, 0.6) is 0 Å². The second kappa shape index (κ2) is 5.59. The van der Waals surface area contributed by atoms with Crippen molar-refractivity contribution in [3.8, 4) is 0 Å². The van der Waals surface area contributed by atoms with E-state index >= 15 is 0 Å². The third kappa shape index (κ3) is 2.60. The number of hydrogen-bond donors (Lipinski definition) is 1. The van der Waals surface area contributed by atoms with Crippen molar-refractivity contribution in [3.63, 3.8) is 0 Å². The lowest BCUT2D eigenvalue weighted by atomic mass is 10.2. The fraction of sp³-hybridized carbons (Fsp3) is 0.462. The van der Waals surface area contributed by atoms with Gasteiger partial charge in [-0.25, -0.2) is 0 Å². The molecule has 0 aliphatic carbocycles. The zero-order chi connectivity index (χ0) is 13.1. The van der Waals surface area contributed by atoms with Gasteiger partial charge in [-0.3, -0.25) is 4.68 Å². The average molecular weight is 267 g/mol. The van der Waals surface area contributed by atoms with Crippen LogP contribution in [0.15, 0.2) is 18.3 Å². The van der Waals surface area contributed by atoms with Crippen LogP contribution in [-0.4, -0.2) is 20.9 Å². The first-order chi connectivity index (χ1) is 8.63. The highest BCUT2D eigenvalue weighted by Gasteiger charge is 2.12. The standard InChI is InChI=1S/C13H19ClN4/c1-4-15-8-11-6-5-7-18(11)9-12-10(2)16-17(3)13(12)14/h5-7,15H,4,8-9H2,1-3H3. The summed E-state index contributed by atoms with van der Waals surface area (Å²) in [5.74, 6) is 0. The van der Waals surface area contributed by atoms with Crippen molar-refractivity contribution in [2.24, 2.45) is 7.05 Å². The predicted octanol–water partition coefficient (Wildman–Crippen LogP) is 2.34. The van der Waals surface area contributed by atoms with Gasteiger partial charge in [0.25, 0.3) is 0 Å². The molecule has 0 atom stereocenters. The molecular weight excluding hydrogens is 248 g/mol. The van der Waals surface area contributed by atoms with E-state index in [1.807, 2.05) is 14.0 Å². The second-order valence-electron chi connectivity index (χ2n) is 4.39. The van der Waals surface area contributed by atoms with Gasteiger partial charge in [-0.15, -0.1) is 0 Å². The quantitative estimate of drug-likeness (QED) is 0.902. The minimum Gasteiger partial charge on any atom is -0.346 e. The van der Waals surface area contributed by atoms with Gasteiger partial charge in [0, 0.05) is 31.0 Å². The van der Waals surface area contributed by atoms with Crippen LogP contribution in [0.4, 0.5) is 0 Å². The molecule has 0 aliphatic rings. The Balaban J connectivity index is 2.21. The van der Waals surface area contributed by atoms with Crippen molar-refractivity contribution in [2.75, 3.05) is 6.54 Å². The predicted molar refractivity (Wildman–Crippen MR) is 73.9 cm³/mol. The average Bonchev–Trinajstić information content (AvgIpc) is 2.87. The van der Waals surface area contributed by atoms with Crippen LogP contribution in [0.2, 0.25) is 5.15 Å². The molecule has 1 N–H and O–H groups in total. The van der Waals surface area contributed by atoms with E-state index < -0.39 is 0 Å². The van der Waals surface area contributed by atoms with E-state index in [0.717, 1.165) is 36.0 Å². The van der Waals surface area contributed by atoms with E-state index in [2.05, 4.69) is 40.2 Å². The normalized spacial score (nSPS) is 11.1. The first-order valence-electron chi connectivity index (χ1n) is 6.16. The highest BCUT2D eigenvalue weighted by atomic mass is 35.5. The van der Waals surface area contributed by atoms with E-state index in [4.69, 9.17) is 11.6 Å². The maximum atomic E-state index is 6.26. The molecule has 0 saturated heterocycles. The van der Waals surface area contributed by atoms with Gasteiger partial charge in [-0.1, -0.05) is 18.5 Å². The van der Waals surface area contributed by atoms with Crippen molar-refractivity contribution in [3.05, 3.63) is 40.4 Å². The lowest BCUT2D eigenvalue weighted by Gasteiger charge is -2.09. The monoisotopic (exact) mass is 266 g/mol. The molecule has 2 aromatic rings. The Morgan fingerprint density at radius 3 is 2.83 bits per heavy atom. The van der Waals surface area contributed by atoms with Crippen LogP contribution in [0, 0.1) is 6.92 Å². The summed E-state index contributed by atoms with van der Waals surface area (Å²) in [6.07, 6.45) is 2.08. The number of aromatic nitrogens is 3. The summed E-state index contributed by atoms with van der Waals surface area (Å²) < 4.78 is 3.93. The number of aryl methyl sites for hydroxylation is 2. The van der Waals surface area contributed by atoms with Crippen molar-refractivity contribution < 1.29 is 0 Å². The summed E-state index contributed by atoms with van der Waals surface area (Å²) in [4.78, 5) is 0. The van der Waals surface area contributed by atoms with Crippen molar-refractivity contribution in [1.82, 2.24) is 19.7 Å². The molecule has 0 saturated carbocycles. The Kier molecular flexibility index (Phi) is 4.09. The Morgan fingerprint density at radius 2 is 2.22 bits per heavy atom. The number of halogens is 1. The molecular formula is C13H19ClN4. The van der Waals surface area contributed by atoms with Gasteiger partial charge in [0.05, 0.1) is 12.2 Å². The van der Waals surface area contributed by atoms with E-state index in [-0.39, 0.29) is 0 Å². The molecule has 2 aromatic heterocycles. The largest absolute Gasteiger partial charge is 0.346 e. The summed E-state index contributed by atoms with van der Waals surface area (Å²) in [6.45, 7) is 6.72. The molecule has 0 fully saturated rings. The first kappa shape index (κ1) is 13.2. The van der Waals surface area contributed by atoms with Crippen LogP contribution in [0.3, 0.4) is 0 Å². The minimum absolute atomic E-state index is 0.718. The number of hydrogen-bond acceptors (Lipinski definition) is 2. The number of nitrogens with one attached hydrogen (secondary N) is 1. The fourth-order valence-corrected chi connectivity index (χ4v) is 2.28. The van der Waals surface area contributed by atoms with Gasteiger partial charge >= 0.3 is 0 Å². The smallest absolute Gasteiger partial charge is 0.131 e. The zero-order valence-corrected chi connectivity index (χ0v) is 11.8. The molecule has 5 heteroatoms. The molecule has 0 aromatic carbocycles. The summed E-state index contributed by atoms with van der Waals surface area (Å²) in [5.41, 5.74) is 3.34. The molecule has 0 radical (unpaired) electrons. The fourth-order valence-electron chi connectivity index (χ4n) is 2.04. The van der Waals surface area contributed by atoms with Crippen molar-refractivity contribution in [2.45, 2.75) is 26.9 Å². The van der Waals surface area contributed by atoms with Crippen molar-refractivity contribution >= 4 is 11.6 Å². The summed E-state index contributed by atoms with van der Waals surface area (Å²) >= 11 is 6.26. The maximum absolute atomic E-state index is 6.26. The van der Waals surface area contributed by atoms with Gasteiger partial charge in [-0.05, 0) is 25.6 Å². The van der Waals surface area contributed by atoms with Crippen LogP contribution < -0.4 is 5.32 Å². The maximum Gasteiger partial charge on any atom is 0.131 e. The second-order valence-corrected chi connectivity index (χ2v) is 4.74. The van der Waals surface area contributed by atoms with E-state index in [1.54, 1.807) is 4.68 Å². The van der Waals surface area contributed by atoms with Gasteiger partial charge in [0.2, 0.25) is 0 Å². The molecule has 2 rings (SSSR count). The van der Waals surface area contributed by atoms with E-state index in [9.17, 15) is 0 Å². The lowest BCUT2D eigenvalue weighted by Crippen LogP contribution is -2.15. The summed E-state index contributed by atoms with van der Waals surface area (Å²) in [6, 6.07) is 4.19.